The number of hydrogen-bond donors (Lipinski definition) is 2. The molecule has 0 aliphatic carbocycles. The summed E-state index contributed by atoms with van der Waals surface area (Å²) in [6.45, 7) is 2.73. The molecular weight excluding hydrogens is 262 g/mol. The first kappa shape index (κ1) is 14.0. The van der Waals surface area contributed by atoms with E-state index >= 15 is 0 Å². The van der Waals surface area contributed by atoms with Gasteiger partial charge in [0.1, 0.15) is 12.3 Å². The van der Waals surface area contributed by atoms with Crippen LogP contribution in [0.5, 0.6) is 0 Å². The highest BCUT2D eigenvalue weighted by Gasteiger charge is 2.24. The Balaban J connectivity index is 2.75. The fraction of sp³-hybridized carbons (Fsp3) is 0.308. The van der Waals surface area contributed by atoms with Crippen molar-refractivity contribution in [3.63, 3.8) is 0 Å². The number of fused-ring (bicyclic) bond motifs is 1. The number of benzene rings is 1. The van der Waals surface area contributed by atoms with Gasteiger partial charge in [0.15, 0.2) is 11.6 Å². The van der Waals surface area contributed by atoms with Crippen LogP contribution in [0.3, 0.4) is 0 Å². The van der Waals surface area contributed by atoms with Crippen LogP contribution in [-0.2, 0) is 0 Å². The lowest BCUT2D eigenvalue weighted by molar-refractivity contribution is -0.508. The van der Waals surface area contributed by atoms with Crippen molar-refractivity contribution in [3.8, 4) is 0 Å². The Morgan fingerprint density at radius 1 is 1.50 bits per heavy atom. The number of para-hydroxylation sites is 2. The first-order valence-corrected chi connectivity index (χ1v) is 6.14. The summed E-state index contributed by atoms with van der Waals surface area (Å²) in [7, 11) is 0. The Morgan fingerprint density at radius 3 is 2.80 bits per heavy atom. The van der Waals surface area contributed by atoms with E-state index in [0.29, 0.717) is 14.7 Å². The zero-order valence-electron chi connectivity index (χ0n) is 11.2. The van der Waals surface area contributed by atoms with Crippen LogP contribution in [0.4, 0.5) is 0 Å². The predicted octanol–water partition coefficient (Wildman–Crippen LogP) is 0.412. The Labute approximate surface area is 114 Å². The van der Waals surface area contributed by atoms with Gasteiger partial charge in [-0.25, -0.2) is 4.74 Å². The minimum Gasteiger partial charge on any atom is -0.623 e. The van der Waals surface area contributed by atoms with Gasteiger partial charge in [0.05, 0.1) is 4.43 Å². The standard InChI is InChI=1S/C13H16N3O4/c1-9(8-17)14(18)7-13-10(2)15(19)11-5-3-4-6-12(11)16(13)20/h3-7,9,17,19H,8H2,1-2H3/q+1/t9-/m1/s1. The Hall–Kier alpha value is -2.41. The van der Waals surface area contributed by atoms with Gasteiger partial charge in [0.2, 0.25) is 0 Å². The molecule has 7 nitrogen and oxygen atoms in total. The van der Waals surface area contributed by atoms with Crippen LogP contribution >= 0.6 is 0 Å². The van der Waals surface area contributed by atoms with E-state index in [1.165, 1.54) is 13.8 Å². The maximum Gasteiger partial charge on any atom is 0.349 e. The third-order valence-electron chi connectivity index (χ3n) is 3.18. The average Bonchev–Trinajstić information content (AvgIpc) is 2.48. The minimum absolute atomic E-state index is 0.0292. The first-order valence-electron chi connectivity index (χ1n) is 6.14. The summed E-state index contributed by atoms with van der Waals surface area (Å²) in [6, 6.07) is 5.85. The minimum atomic E-state index is -0.673. The number of aromatic nitrogens is 2. The Kier molecular flexibility index (Phi) is 3.71. The molecule has 0 aliphatic rings. The lowest BCUT2D eigenvalue weighted by atomic mass is 10.2. The van der Waals surface area contributed by atoms with Gasteiger partial charge in [-0.05, 0) is 13.0 Å². The van der Waals surface area contributed by atoms with E-state index in [-0.39, 0.29) is 23.5 Å². The molecule has 106 valence electrons. The van der Waals surface area contributed by atoms with E-state index in [4.69, 9.17) is 5.11 Å². The smallest absolute Gasteiger partial charge is 0.349 e. The van der Waals surface area contributed by atoms with Crippen molar-refractivity contribution in [2.45, 2.75) is 19.9 Å². The molecule has 1 atom stereocenters. The number of hydrogen-bond acceptors (Lipinski definition) is 4. The van der Waals surface area contributed by atoms with Crippen LogP contribution in [-0.4, -0.2) is 38.6 Å². The zero-order valence-corrected chi connectivity index (χ0v) is 11.2. The van der Waals surface area contributed by atoms with Gasteiger partial charge in [-0.15, -0.1) is 0 Å². The van der Waals surface area contributed by atoms with Gasteiger partial charge < -0.3 is 15.5 Å². The van der Waals surface area contributed by atoms with Gasteiger partial charge >= 0.3 is 5.69 Å². The molecule has 0 spiro atoms. The normalized spacial score (nSPS) is 13.7. The lowest BCUT2D eigenvalue weighted by Gasteiger charge is -2.09. The zero-order chi connectivity index (χ0) is 14.9. The highest BCUT2D eigenvalue weighted by Crippen LogP contribution is 2.11. The molecule has 20 heavy (non-hydrogen) atoms. The van der Waals surface area contributed by atoms with Crippen molar-refractivity contribution in [2.24, 2.45) is 0 Å². The highest BCUT2D eigenvalue weighted by molar-refractivity contribution is 5.77. The lowest BCUT2D eigenvalue weighted by Crippen LogP contribution is -2.31. The number of aliphatic hydroxyl groups is 1. The summed E-state index contributed by atoms with van der Waals surface area (Å²) >= 11 is 0. The number of hydroxylamine groups is 1. The molecule has 0 amide bonds. The van der Waals surface area contributed by atoms with Crippen molar-refractivity contribution in [1.29, 1.82) is 0 Å². The van der Waals surface area contributed by atoms with E-state index in [1.54, 1.807) is 24.3 Å². The molecule has 0 aliphatic heterocycles. The summed E-state index contributed by atoms with van der Waals surface area (Å²) in [6.07, 6.45) is 1.07. The van der Waals surface area contributed by atoms with Crippen LogP contribution in [0.2, 0.25) is 0 Å². The topological polar surface area (TPSA) is 94.4 Å². The van der Waals surface area contributed by atoms with Crippen molar-refractivity contribution in [1.82, 2.24) is 4.73 Å². The largest absolute Gasteiger partial charge is 0.623 e. The van der Waals surface area contributed by atoms with Crippen LogP contribution in [0.15, 0.2) is 24.3 Å². The van der Waals surface area contributed by atoms with Crippen LogP contribution in [0.1, 0.15) is 18.3 Å². The number of aliphatic hydroxyl groups excluding tert-OH is 1. The van der Waals surface area contributed by atoms with Gasteiger partial charge in [-0.3, -0.25) is 0 Å². The first-order chi connectivity index (χ1) is 9.47. The van der Waals surface area contributed by atoms with Crippen LogP contribution < -0.4 is 4.43 Å². The molecule has 0 unspecified atom stereocenters. The molecule has 1 aromatic carbocycles. The second kappa shape index (κ2) is 5.30. The molecule has 0 saturated heterocycles. The van der Waals surface area contributed by atoms with E-state index < -0.39 is 6.04 Å². The molecule has 2 N–H and O–H groups in total. The van der Waals surface area contributed by atoms with Crippen LogP contribution in [0, 0.1) is 17.0 Å². The van der Waals surface area contributed by atoms with E-state index in [0.717, 1.165) is 10.9 Å². The summed E-state index contributed by atoms with van der Waals surface area (Å²) in [5, 5.41) is 30.7. The third kappa shape index (κ3) is 2.23. The molecule has 2 rings (SSSR count). The quantitative estimate of drug-likeness (QED) is 0.279. The summed E-state index contributed by atoms with van der Waals surface area (Å²) in [4.78, 5) is 12.3. The SMILES string of the molecule is Cc1c(C=[N+]([O-])[C@H](C)CO)[n+](=O)c2ccccc2n1O. The monoisotopic (exact) mass is 278 g/mol. The van der Waals surface area contributed by atoms with Crippen molar-refractivity contribution in [3.05, 3.63) is 45.8 Å². The second-order valence-electron chi connectivity index (χ2n) is 4.59. The van der Waals surface area contributed by atoms with Crippen molar-refractivity contribution >= 4 is 17.2 Å². The molecule has 0 fully saturated rings. The predicted molar refractivity (Wildman–Crippen MR) is 72.6 cm³/mol. The van der Waals surface area contributed by atoms with Crippen LogP contribution in [0.25, 0.3) is 11.0 Å². The fourth-order valence-electron chi connectivity index (χ4n) is 1.86. The molecule has 1 heterocycles. The van der Waals surface area contributed by atoms with Gasteiger partial charge in [-0.1, -0.05) is 12.1 Å². The molecule has 7 heteroatoms. The van der Waals surface area contributed by atoms with Gasteiger partial charge in [-0.2, -0.15) is 4.73 Å². The maximum absolute atomic E-state index is 12.3. The Morgan fingerprint density at radius 2 is 2.15 bits per heavy atom. The average molecular weight is 278 g/mol. The fourth-order valence-corrected chi connectivity index (χ4v) is 1.86. The molecular formula is C13H16N3O4+. The van der Waals surface area contributed by atoms with Gasteiger partial charge in [0.25, 0.3) is 11.7 Å². The molecule has 1 aromatic heterocycles. The molecule has 0 radical (unpaired) electrons. The number of rotatable bonds is 3. The van der Waals surface area contributed by atoms with E-state index in [1.807, 2.05) is 0 Å². The summed E-state index contributed by atoms with van der Waals surface area (Å²) in [5.41, 5.74) is 0.868. The second-order valence-corrected chi connectivity index (χ2v) is 4.59. The van der Waals surface area contributed by atoms with E-state index in [9.17, 15) is 15.3 Å². The highest BCUT2D eigenvalue weighted by atomic mass is 16.5. The molecule has 2 aromatic rings. The Bertz CT molecular complexity index is 736. The molecule has 0 bridgehead atoms. The summed E-state index contributed by atoms with van der Waals surface area (Å²) in [5.74, 6) is 0. The van der Waals surface area contributed by atoms with E-state index in [2.05, 4.69) is 0 Å². The number of nitrogens with zero attached hydrogens (tertiary/aromatic N) is 3. The molecule has 0 saturated carbocycles. The van der Waals surface area contributed by atoms with Crippen molar-refractivity contribution in [2.75, 3.05) is 6.61 Å². The summed E-state index contributed by atoms with van der Waals surface area (Å²) < 4.78 is 1.95. The van der Waals surface area contributed by atoms with Crippen molar-refractivity contribution < 1.29 is 19.5 Å². The van der Waals surface area contributed by atoms with Gasteiger partial charge in [0, 0.05) is 17.9 Å². The third-order valence-corrected chi connectivity index (χ3v) is 3.18. The maximum atomic E-state index is 12.3.